The number of pyridine rings is 1. The van der Waals surface area contributed by atoms with Gasteiger partial charge in [0.15, 0.2) is 17.5 Å². The Labute approximate surface area is 296 Å². The zero-order valence-corrected chi connectivity index (χ0v) is 27.6. The summed E-state index contributed by atoms with van der Waals surface area (Å²) in [7, 11) is 0. The molecule has 0 spiro atoms. The summed E-state index contributed by atoms with van der Waals surface area (Å²) in [6.07, 6.45) is 0. The van der Waals surface area contributed by atoms with Crippen LogP contribution in [0.5, 0.6) is 0 Å². The molecule has 52 heavy (non-hydrogen) atoms. The molecule has 7 aromatic carbocycles. The Hall–Kier alpha value is -7.18. The lowest BCUT2D eigenvalue weighted by Gasteiger charge is -2.09. The molecular weight excluding hydrogens is 641 g/mol. The fourth-order valence-corrected chi connectivity index (χ4v) is 7.45. The summed E-state index contributed by atoms with van der Waals surface area (Å²) in [6.45, 7) is 0. The Morgan fingerprint density at radius 2 is 1.06 bits per heavy atom. The molecule has 4 aromatic heterocycles. The minimum Gasteiger partial charge on any atom is -0.456 e. The third kappa shape index (κ3) is 4.44. The average Bonchev–Trinajstić information content (AvgIpc) is 3.79. The molecule has 0 amide bonds. The maximum atomic E-state index is 6.54. The lowest BCUT2D eigenvalue weighted by Crippen LogP contribution is -2.00. The van der Waals surface area contributed by atoms with Crippen molar-refractivity contribution in [2.24, 2.45) is 0 Å². The zero-order valence-electron chi connectivity index (χ0n) is 27.6. The van der Waals surface area contributed by atoms with Crippen molar-refractivity contribution in [3.63, 3.8) is 0 Å². The molecule has 0 N–H and O–H groups in total. The van der Waals surface area contributed by atoms with Crippen LogP contribution in [0.25, 0.3) is 111 Å². The van der Waals surface area contributed by atoms with Gasteiger partial charge >= 0.3 is 0 Å². The van der Waals surface area contributed by atoms with Crippen LogP contribution in [0.3, 0.4) is 0 Å². The number of fused-ring (bicyclic) bond motifs is 9. The van der Waals surface area contributed by atoms with Crippen molar-refractivity contribution in [3.8, 4) is 45.4 Å². The number of nitrogens with zero attached hydrogens (tertiary/aromatic N) is 4. The number of furan rings is 2. The van der Waals surface area contributed by atoms with Gasteiger partial charge in [0, 0.05) is 49.0 Å². The smallest absolute Gasteiger partial charge is 0.167 e. The van der Waals surface area contributed by atoms with E-state index in [9.17, 15) is 0 Å². The van der Waals surface area contributed by atoms with Crippen molar-refractivity contribution in [1.29, 1.82) is 0 Å². The van der Waals surface area contributed by atoms with Gasteiger partial charge in [-0.3, -0.25) is 0 Å². The Morgan fingerprint density at radius 1 is 0.365 bits per heavy atom. The summed E-state index contributed by atoms with van der Waals surface area (Å²) >= 11 is 0. The first-order valence-corrected chi connectivity index (χ1v) is 17.2. The van der Waals surface area contributed by atoms with Crippen LogP contribution in [0.15, 0.2) is 167 Å². The Kier molecular flexibility index (Phi) is 6.15. The first-order chi connectivity index (χ1) is 25.7. The molecule has 0 unspecified atom stereocenters. The van der Waals surface area contributed by atoms with E-state index < -0.39 is 0 Å². The average molecular weight is 667 g/mol. The van der Waals surface area contributed by atoms with E-state index in [1.165, 1.54) is 5.39 Å². The third-order valence-electron chi connectivity index (χ3n) is 9.93. The summed E-state index contributed by atoms with van der Waals surface area (Å²) in [5, 5.41) is 7.41. The van der Waals surface area contributed by atoms with Crippen molar-refractivity contribution < 1.29 is 8.83 Å². The highest BCUT2D eigenvalue weighted by molar-refractivity contribution is 6.13. The van der Waals surface area contributed by atoms with Gasteiger partial charge in [-0.25, -0.2) is 19.9 Å². The quantitative estimate of drug-likeness (QED) is 0.174. The number of hydrogen-bond acceptors (Lipinski definition) is 6. The van der Waals surface area contributed by atoms with E-state index in [0.29, 0.717) is 17.5 Å². The van der Waals surface area contributed by atoms with Gasteiger partial charge in [0.05, 0.1) is 16.8 Å². The van der Waals surface area contributed by atoms with E-state index in [4.69, 9.17) is 28.8 Å². The van der Waals surface area contributed by atoms with Crippen LogP contribution in [-0.4, -0.2) is 19.9 Å². The summed E-state index contributed by atoms with van der Waals surface area (Å²) in [5.74, 6) is 1.67. The highest BCUT2D eigenvalue weighted by Gasteiger charge is 2.20. The topological polar surface area (TPSA) is 77.8 Å². The standard InChI is InChI=1S/C46H26N4O2/c1-2-11-29(12-3-1)44-48-45(50-46(49-44)36-17-8-15-33-32-14-6-7-18-38(32)52-43(33)36)35-16-9-19-39-41(35)34-24-22-30(26-40(34)51-39)37-25-23-28-21-20-27-10-4-5-13-31(27)42(28)47-37/h1-26H. The van der Waals surface area contributed by atoms with Gasteiger partial charge in [-0.15, -0.1) is 0 Å². The van der Waals surface area contributed by atoms with E-state index in [2.05, 4.69) is 84.9 Å². The number of rotatable bonds is 4. The van der Waals surface area contributed by atoms with Crippen molar-refractivity contribution in [3.05, 3.63) is 158 Å². The van der Waals surface area contributed by atoms with E-state index in [1.807, 2.05) is 72.8 Å². The van der Waals surface area contributed by atoms with Crippen molar-refractivity contribution in [1.82, 2.24) is 19.9 Å². The van der Waals surface area contributed by atoms with Gasteiger partial charge in [0.1, 0.15) is 22.3 Å². The van der Waals surface area contributed by atoms with Crippen LogP contribution in [0, 0.1) is 0 Å². The molecule has 6 nitrogen and oxygen atoms in total. The van der Waals surface area contributed by atoms with Gasteiger partial charge in [-0.05, 0) is 41.8 Å². The fraction of sp³-hybridized carbons (Fsp3) is 0. The van der Waals surface area contributed by atoms with Gasteiger partial charge in [0.25, 0.3) is 0 Å². The minimum atomic E-state index is 0.538. The molecule has 0 atom stereocenters. The maximum absolute atomic E-state index is 6.54. The molecule has 0 fully saturated rings. The van der Waals surface area contributed by atoms with Crippen molar-refractivity contribution >= 4 is 65.6 Å². The maximum Gasteiger partial charge on any atom is 0.167 e. The second-order valence-corrected chi connectivity index (χ2v) is 13.0. The lowest BCUT2D eigenvalue weighted by molar-refractivity contribution is 0.668. The predicted molar refractivity (Wildman–Crippen MR) is 209 cm³/mol. The van der Waals surface area contributed by atoms with Crippen LogP contribution in [0.2, 0.25) is 0 Å². The molecule has 11 aromatic rings. The molecule has 0 aliphatic rings. The molecule has 0 saturated heterocycles. The molecule has 0 aliphatic heterocycles. The largest absolute Gasteiger partial charge is 0.456 e. The molecule has 0 bridgehead atoms. The SMILES string of the molecule is c1ccc(-c2nc(-c3cccc4c3oc3ccccc34)nc(-c3cccc4oc5cc(-c6ccc7ccc8ccccc8c7n6)ccc5c34)n2)cc1. The van der Waals surface area contributed by atoms with E-state index in [-0.39, 0.29) is 0 Å². The Bertz CT molecular complexity index is 3200. The van der Waals surface area contributed by atoms with E-state index in [0.717, 1.165) is 88.1 Å². The Morgan fingerprint density at radius 3 is 1.98 bits per heavy atom. The summed E-state index contributed by atoms with van der Waals surface area (Å²) in [4.78, 5) is 20.4. The molecule has 6 heteroatoms. The molecule has 0 saturated carbocycles. The minimum absolute atomic E-state index is 0.538. The normalized spacial score (nSPS) is 11.8. The first kappa shape index (κ1) is 28.6. The Balaban J connectivity index is 1.10. The van der Waals surface area contributed by atoms with Gasteiger partial charge < -0.3 is 8.83 Å². The lowest BCUT2D eigenvalue weighted by atomic mass is 10.0. The molecule has 4 heterocycles. The van der Waals surface area contributed by atoms with Crippen molar-refractivity contribution in [2.75, 3.05) is 0 Å². The van der Waals surface area contributed by atoms with E-state index in [1.54, 1.807) is 0 Å². The summed E-state index contributed by atoms with van der Waals surface area (Å²) in [6, 6.07) is 53.4. The molecule has 0 radical (unpaired) electrons. The second-order valence-electron chi connectivity index (χ2n) is 13.0. The van der Waals surface area contributed by atoms with Crippen LogP contribution in [0.4, 0.5) is 0 Å². The van der Waals surface area contributed by atoms with Crippen LogP contribution >= 0.6 is 0 Å². The molecule has 11 rings (SSSR count). The van der Waals surface area contributed by atoms with Crippen LogP contribution in [0.1, 0.15) is 0 Å². The predicted octanol–water partition coefficient (Wildman–Crippen LogP) is 12.0. The number of hydrogen-bond donors (Lipinski definition) is 0. The number of benzene rings is 7. The van der Waals surface area contributed by atoms with Gasteiger partial charge in [-0.2, -0.15) is 0 Å². The highest BCUT2D eigenvalue weighted by atomic mass is 16.3. The van der Waals surface area contributed by atoms with E-state index >= 15 is 0 Å². The summed E-state index contributed by atoms with van der Waals surface area (Å²) in [5.41, 5.74) is 8.51. The third-order valence-corrected chi connectivity index (χ3v) is 9.93. The second kappa shape index (κ2) is 11.2. The molecule has 0 aliphatic carbocycles. The summed E-state index contributed by atoms with van der Waals surface area (Å²) < 4.78 is 13.0. The first-order valence-electron chi connectivity index (χ1n) is 17.2. The van der Waals surface area contributed by atoms with Crippen LogP contribution < -0.4 is 0 Å². The highest BCUT2D eigenvalue weighted by Crippen LogP contribution is 2.40. The van der Waals surface area contributed by atoms with Gasteiger partial charge in [0.2, 0.25) is 0 Å². The van der Waals surface area contributed by atoms with Gasteiger partial charge in [-0.1, -0.05) is 121 Å². The molecule has 242 valence electrons. The van der Waals surface area contributed by atoms with Crippen molar-refractivity contribution in [2.45, 2.75) is 0 Å². The monoisotopic (exact) mass is 666 g/mol. The zero-order chi connectivity index (χ0) is 34.2. The fourth-order valence-electron chi connectivity index (χ4n) is 7.45. The van der Waals surface area contributed by atoms with Crippen LogP contribution in [-0.2, 0) is 0 Å². The number of aromatic nitrogens is 4. The number of para-hydroxylation sites is 2. The molecular formula is C46H26N4O2.